The quantitative estimate of drug-likeness (QED) is 0.792. The minimum Gasteiger partial charge on any atom is -0.317 e. The molecule has 1 aliphatic carbocycles. The van der Waals surface area contributed by atoms with Crippen LogP contribution in [0.2, 0.25) is 0 Å². The van der Waals surface area contributed by atoms with Gasteiger partial charge in [-0.2, -0.15) is 5.26 Å². The molecule has 1 aromatic rings. The number of fused-ring (bicyclic) bond motifs is 1. The second-order valence-electron chi connectivity index (χ2n) is 5.43. The molecule has 0 aromatic carbocycles. The maximum Gasteiger partial charge on any atom is 0.225 e. The fraction of sp³-hybridized carbons (Fsp3) is 0.600. The molecule has 0 unspecified atom stereocenters. The van der Waals surface area contributed by atoms with Crippen molar-refractivity contribution in [3.8, 4) is 6.07 Å². The third-order valence-corrected chi connectivity index (χ3v) is 4.63. The summed E-state index contributed by atoms with van der Waals surface area (Å²) >= 11 is 1.58. The molecule has 0 bridgehead atoms. The Balaban J connectivity index is 1.87. The highest BCUT2D eigenvalue weighted by molar-refractivity contribution is 7.16. The number of nitrogens with one attached hydrogen (secondary N) is 2. The number of aryl methyl sites for hydroxylation is 1. The molecular weight excluding hydrogens is 270 g/mol. The van der Waals surface area contributed by atoms with Crippen LogP contribution in [0, 0.1) is 11.3 Å². The predicted molar refractivity (Wildman–Crippen MR) is 82.1 cm³/mol. The minimum atomic E-state index is 0.00646. The average molecular weight is 291 g/mol. The number of nitriles is 1. The second kappa shape index (κ2) is 6.87. The molecule has 1 heterocycles. The molecule has 1 aliphatic rings. The number of hydrogen-bond donors (Lipinski definition) is 2. The first-order valence-corrected chi connectivity index (χ1v) is 8.01. The van der Waals surface area contributed by atoms with E-state index < -0.39 is 0 Å². The van der Waals surface area contributed by atoms with E-state index >= 15 is 0 Å². The van der Waals surface area contributed by atoms with Crippen molar-refractivity contribution in [2.45, 2.75) is 52.0 Å². The lowest BCUT2D eigenvalue weighted by atomic mass is 10.1. The summed E-state index contributed by atoms with van der Waals surface area (Å²) < 4.78 is 0. The molecule has 0 saturated heterocycles. The standard InChI is InChI=1S/C15H21N3OS/c1-10(2)17-8-4-7-14(19)18-15-12(9-16)11-5-3-6-13(11)20-15/h10,17H,3-8H2,1-2H3,(H,18,19). The first-order valence-electron chi connectivity index (χ1n) is 7.19. The van der Waals surface area contributed by atoms with Crippen molar-refractivity contribution in [2.75, 3.05) is 11.9 Å². The average Bonchev–Trinajstić information content (AvgIpc) is 2.94. The summed E-state index contributed by atoms with van der Waals surface area (Å²) in [7, 11) is 0. The Labute approximate surface area is 124 Å². The van der Waals surface area contributed by atoms with Crippen molar-refractivity contribution >= 4 is 22.2 Å². The molecule has 0 fully saturated rings. The van der Waals surface area contributed by atoms with Crippen LogP contribution in [0.25, 0.3) is 0 Å². The van der Waals surface area contributed by atoms with Crippen molar-refractivity contribution in [2.24, 2.45) is 0 Å². The number of hydrogen-bond acceptors (Lipinski definition) is 4. The SMILES string of the molecule is CC(C)NCCCC(=O)Nc1sc2c(c1C#N)CCC2. The van der Waals surface area contributed by atoms with Crippen LogP contribution in [0.3, 0.4) is 0 Å². The predicted octanol–water partition coefficient (Wildman–Crippen LogP) is 2.83. The summed E-state index contributed by atoms with van der Waals surface area (Å²) in [6.45, 7) is 5.02. The van der Waals surface area contributed by atoms with Gasteiger partial charge in [-0.15, -0.1) is 11.3 Å². The van der Waals surface area contributed by atoms with Crippen LogP contribution in [0.15, 0.2) is 0 Å². The summed E-state index contributed by atoms with van der Waals surface area (Å²) in [5, 5.41) is 16.2. The van der Waals surface area contributed by atoms with E-state index in [4.69, 9.17) is 0 Å². The van der Waals surface area contributed by atoms with E-state index in [0.29, 0.717) is 18.0 Å². The van der Waals surface area contributed by atoms with E-state index in [2.05, 4.69) is 30.6 Å². The molecule has 0 saturated carbocycles. The zero-order valence-corrected chi connectivity index (χ0v) is 12.9. The molecule has 108 valence electrons. The van der Waals surface area contributed by atoms with E-state index in [1.54, 1.807) is 11.3 Å². The van der Waals surface area contributed by atoms with Gasteiger partial charge in [-0.05, 0) is 37.8 Å². The first-order chi connectivity index (χ1) is 9.61. The van der Waals surface area contributed by atoms with Gasteiger partial charge < -0.3 is 10.6 Å². The van der Waals surface area contributed by atoms with E-state index in [-0.39, 0.29) is 5.91 Å². The Morgan fingerprint density at radius 1 is 1.45 bits per heavy atom. The number of rotatable bonds is 6. The lowest BCUT2D eigenvalue weighted by Gasteiger charge is -2.07. The van der Waals surface area contributed by atoms with Crippen LogP contribution in [0.5, 0.6) is 0 Å². The number of carbonyl (C=O) groups excluding carboxylic acids is 1. The number of carbonyl (C=O) groups is 1. The van der Waals surface area contributed by atoms with Crippen LogP contribution in [-0.4, -0.2) is 18.5 Å². The summed E-state index contributed by atoms with van der Waals surface area (Å²) in [5.74, 6) is 0.00646. The van der Waals surface area contributed by atoms with Crippen molar-refractivity contribution in [3.05, 3.63) is 16.0 Å². The van der Waals surface area contributed by atoms with Crippen molar-refractivity contribution in [1.82, 2.24) is 5.32 Å². The van der Waals surface area contributed by atoms with Gasteiger partial charge in [-0.3, -0.25) is 4.79 Å². The Morgan fingerprint density at radius 2 is 2.25 bits per heavy atom. The monoisotopic (exact) mass is 291 g/mol. The molecule has 0 spiro atoms. The zero-order chi connectivity index (χ0) is 14.5. The Hall–Kier alpha value is -1.38. The van der Waals surface area contributed by atoms with Gasteiger partial charge in [0, 0.05) is 17.3 Å². The van der Waals surface area contributed by atoms with Crippen LogP contribution < -0.4 is 10.6 Å². The molecule has 5 heteroatoms. The summed E-state index contributed by atoms with van der Waals surface area (Å²) in [6.07, 6.45) is 4.46. The summed E-state index contributed by atoms with van der Waals surface area (Å²) in [4.78, 5) is 13.2. The Kier molecular flexibility index (Phi) is 5.16. The lowest BCUT2D eigenvalue weighted by molar-refractivity contribution is -0.116. The first kappa shape index (κ1) is 15.0. The highest BCUT2D eigenvalue weighted by Gasteiger charge is 2.22. The topological polar surface area (TPSA) is 64.9 Å². The van der Waals surface area contributed by atoms with Gasteiger partial charge in [0.1, 0.15) is 11.1 Å². The highest BCUT2D eigenvalue weighted by atomic mass is 32.1. The normalized spacial score (nSPS) is 13.3. The van der Waals surface area contributed by atoms with Crippen molar-refractivity contribution < 1.29 is 4.79 Å². The molecule has 1 aromatic heterocycles. The molecule has 1 amide bonds. The second-order valence-corrected chi connectivity index (χ2v) is 6.54. The zero-order valence-electron chi connectivity index (χ0n) is 12.1. The number of nitrogens with zero attached hydrogens (tertiary/aromatic N) is 1. The van der Waals surface area contributed by atoms with E-state index in [1.165, 1.54) is 4.88 Å². The molecule has 4 nitrogen and oxygen atoms in total. The van der Waals surface area contributed by atoms with Gasteiger partial charge >= 0.3 is 0 Å². The fourth-order valence-electron chi connectivity index (χ4n) is 2.44. The van der Waals surface area contributed by atoms with Crippen LogP contribution in [0.1, 0.15) is 49.1 Å². The molecule has 2 N–H and O–H groups in total. The fourth-order valence-corrected chi connectivity index (χ4v) is 3.70. The van der Waals surface area contributed by atoms with Gasteiger partial charge in [0.25, 0.3) is 0 Å². The third kappa shape index (κ3) is 3.59. The van der Waals surface area contributed by atoms with Gasteiger partial charge in [-0.1, -0.05) is 13.8 Å². The van der Waals surface area contributed by atoms with E-state index in [1.807, 2.05) is 0 Å². The maximum absolute atomic E-state index is 11.9. The van der Waals surface area contributed by atoms with E-state index in [9.17, 15) is 10.1 Å². The largest absolute Gasteiger partial charge is 0.317 e. The van der Waals surface area contributed by atoms with Gasteiger partial charge in [0.05, 0.1) is 5.56 Å². The van der Waals surface area contributed by atoms with Crippen LogP contribution in [-0.2, 0) is 17.6 Å². The molecular formula is C15H21N3OS. The summed E-state index contributed by atoms with van der Waals surface area (Å²) in [6, 6.07) is 2.69. The number of thiophene rings is 1. The smallest absolute Gasteiger partial charge is 0.225 e. The lowest BCUT2D eigenvalue weighted by Crippen LogP contribution is -2.24. The van der Waals surface area contributed by atoms with Crippen molar-refractivity contribution in [1.29, 1.82) is 5.26 Å². The highest BCUT2D eigenvalue weighted by Crippen LogP contribution is 2.38. The van der Waals surface area contributed by atoms with Crippen LogP contribution in [0.4, 0.5) is 5.00 Å². The Morgan fingerprint density at radius 3 is 2.95 bits per heavy atom. The Bertz CT molecular complexity index is 528. The minimum absolute atomic E-state index is 0.00646. The van der Waals surface area contributed by atoms with Gasteiger partial charge in [0.15, 0.2) is 0 Å². The third-order valence-electron chi connectivity index (χ3n) is 3.42. The molecule has 2 rings (SSSR count). The maximum atomic E-state index is 11.9. The van der Waals surface area contributed by atoms with Crippen LogP contribution >= 0.6 is 11.3 Å². The molecule has 0 radical (unpaired) electrons. The molecule has 0 atom stereocenters. The molecule has 0 aliphatic heterocycles. The van der Waals surface area contributed by atoms with Gasteiger partial charge in [-0.25, -0.2) is 0 Å². The van der Waals surface area contributed by atoms with Crippen molar-refractivity contribution in [3.63, 3.8) is 0 Å². The number of amides is 1. The molecule has 20 heavy (non-hydrogen) atoms. The van der Waals surface area contributed by atoms with Gasteiger partial charge in [0.2, 0.25) is 5.91 Å². The summed E-state index contributed by atoms with van der Waals surface area (Å²) in [5.41, 5.74) is 1.85. The number of anilines is 1. The van der Waals surface area contributed by atoms with E-state index in [0.717, 1.165) is 42.8 Å².